The number of fused-ring (bicyclic) bond motifs is 15. The number of nitrogens with zero attached hydrogens (tertiary/aromatic N) is 2. The van der Waals surface area contributed by atoms with E-state index < -0.39 is 0 Å². The van der Waals surface area contributed by atoms with E-state index in [-0.39, 0.29) is 12.3 Å². The zero-order valence-electron chi connectivity index (χ0n) is 30.5. The van der Waals surface area contributed by atoms with Crippen LogP contribution in [0.5, 0.6) is 0 Å². The van der Waals surface area contributed by atoms with Crippen LogP contribution in [-0.2, 0) is 5.41 Å². The molecule has 256 valence electrons. The van der Waals surface area contributed by atoms with Crippen molar-refractivity contribution < 1.29 is 4.42 Å². The molecule has 0 unspecified atom stereocenters. The molecule has 2 aliphatic heterocycles. The average molecular weight is 701 g/mol. The highest BCUT2D eigenvalue weighted by Gasteiger charge is 2.49. The Morgan fingerprint density at radius 3 is 2.15 bits per heavy atom. The molecule has 0 fully saturated rings. The van der Waals surface area contributed by atoms with Gasteiger partial charge in [-0.2, -0.15) is 0 Å². The lowest BCUT2D eigenvalue weighted by molar-refractivity contribution is 0.664. The van der Waals surface area contributed by atoms with Gasteiger partial charge in [-0.05, 0) is 68.4 Å². The van der Waals surface area contributed by atoms with Gasteiger partial charge in [0.05, 0.1) is 16.9 Å². The first-order valence-electron chi connectivity index (χ1n) is 19.3. The normalized spacial score (nSPS) is 14.4. The zero-order valence-corrected chi connectivity index (χ0v) is 30.5. The second-order valence-corrected chi connectivity index (χ2v) is 16.0. The predicted molar refractivity (Wildman–Crippen MR) is 230 cm³/mol. The van der Waals surface area contributed by atoms with Gasteiger partial charge in [0.25, 0.3) is 0 Å². The summed E-state index contributed by atoms with van der Waals surface area (Å²) < 4.78 is 9.67. The highest BCUT2D eigenvalue weighted by atomic mass is 16.3. The number of anilines is 2. The molecule has 0 saturated carbocycles. The van der Waals surface area contributed by atoms with E-state index in [0.29, 0.717) is 0 Å². The third kappa shape index (κ3) is 3.63. The van der Waals surface area contributed by atoms with Crippen molar-refractivity contribution in [1.82, 2.24) is 4.57 Å². The Bertz CT molecular complexity index is 3300. The van der Waals surface area contributed by atoms with E-state index in [1.54, 1.807) is 0 Å². The molecule has 8 aromatic carbocycles. The number of hydrogen-bond acceptors (Lipinski definition) is 2. The zero-order chi connectivity index (χ0) is 36.2. The highest BCUT2D eigenvalue weighted by Crippen LogP contribution is 2.56. The van der Waals surface area contributed by atoms with Crippen LogP contribution >= 0.6 is 0 Å². The molecular weight excluding hydrogens is 667 g/mol. The maximum absolute atomic E-state index is 7.06. The maximum Gasteiger partial charge on any atom is 0.333 e. The molecule has 1 aliphatic carbocycles. The van der Waals surface area contributed by atoms with Gasteiger partial charge in [-0.1, -0.05) is 153 Å². The first-order valence-corrected chi connectivity index (χ1v) is 19.3. The lowest BCUT2D eigenvalue weighted by Crippen LogP contribution is -2.60. The van der Waals surface area contributed by atoms with Crippen LogP contribution in [0.1, 0.15) is 25.0 Å². The molecule has 55 heavy (non-hydrogen) atoms. The van der Waals surface area contributed by atoms with Crippen LogP contribution in [0.25, 0.3) is 82.8 Å². The van der Waals surface area contributed by atoms with Crippen LogP contribution in [0.15, 0.2) is 168 Å². The second-order valence-electron chi connectivity index (χ2n) is 16.0. The molecule has 0 saturated heterocycles. The highest BCUT2D eigenvalue weighted by molar-refractivity contribution is 6.94. The Balaban J connectivity index is 1.23. The molecule has 0 bridgehead atoms. The van der Waals surface area contributed by atoms with Gasteiger partial charge in [0, 0.05) is 49.5 Å². The van der Waals surface area contributed by atoms with E-state index in [9.17, 15) is 0 Å². The van der Waals surface area contributed by atoms with E-state index in [1.807, 2.05) is 0 Å². The van der Waals surface area contributed by atoms with Gasteiger partial charge in [0.1, 0.15) is 5.58 Å². The summed E-state index contributed by atoms with van der Waals surface area (Å²) in [4.78, 5) is 2.64. The first-order chi connectivity index (χ1) is 27.1. The number of hydrogen-bond donors (Lipinski definition) is 0. The third-order valence-electron chi connectivity index (χ3n) is 12.9. The molecule has 13 rings (SSSR count). The number of rotatable bonds is 2. The standard InChI is InChI=1S/C51H33BN2O/c1-51(2)41-20-10-8-18-37(41)48-44(51)38-19-12-21-42-47(38)53(48)49-45-39(29-40-35-17-9-11-22-43(35)55-50(40)49)36-28-25-32-15-6-7-16-34(32)46(36)54(52(42)45)33-26-23-31(24-27-33)30-13-4-3-5-14-30/h3-29H,1-2H3. The van der Waals surface area contributed by atoms with Crippen LogP contribution in [0.3, 0.4) is 0 Å². The van der Waals surface area contributed by atoms with E-state index in [0.717, 1.165) is 27.6 Å². The minimum Gasteiger partial charge on any atom is -0.454 e. The predicted octanol–water partition coefficient (Wildman–Crippen LogP) is 11.9. The van der Waals surface area contributed by atoms with Crippen LogP contribution in [0.2, 0.25) is 0 Å². The number of para-hydroxylation sites is 2. The molecule has 4 heterocycles. The van der Waals surface area contributed by atoms with Crippen LogP contribution < -0.4 is 15.7 Å². The molecule has 0 spiro atoms. The van der Waals surface area contributed by atoms with Crippen molar-refractivity contribution >= 4 is 72.8 Å². The number of benzene rings is 8. The van der Waals surface area contributed by atoms with Crippen LogP contribution in [0, 0.1) is 0 Å². The Kier molecular flexibility index (Phi) is 5.53. The fourth-order valence-electron chi connectivity index (χ4n) is 10.7. The summed E-state index contributed by atoms with van der Waals surface area (Å²) in [7, 11) is 0. The molecule has 0 amide bonds. The largest absolute Gasteiger partial charge is 0.454 e. The number of furan rings is 1. The lowest BCUT2D eigenvalue weighted by atomic mass is 9.43. The summed E-state index contributed by atoms with van der Waals surface area (Å²) in [5.74, 6) is 0. The summed E-state index contributed by atoms with van der Waals surface area (Å²) >= 11 is 0. The molecule has 0 atom stereocenters. The van der Waals surface area contributed by atoms with Crippen molar-refractivity contribution in [3.8, 4) is 39.2 Å². The summed E-state index contributed by atoms with van der Waals surface area (Å²) in [6.07, 6.45) is 0. The van der Waals surface area contributed by atoms with Gasteiger partial charge in [-0.3, -0.25) is 0 Å². The monoisotopic (exact) mass is 700 g/mol. The minimum absolute atomic E-state index is 0.104. The van der Waals surface area contributed by atoms with Crippen molar-refractivity contribution in [3.63, 3.8) is 0 Å². The molecule has 0 N–H and O–H groups in total. The van der Waals surface area contributed by atoms with Gasteiger partial charge in [-0.25, -0.2) is 0 Å². The van der Waals surface area contributed by atoms with Crippen molar-refractivity contribution in [1.29, 1.82) is 0 Å². The second kappa shape index (κ2) is 10.2. The quantitative estimate of drug-likeness (QED) is 0.167. The lowest BCUT2D eigenvalue weighted by Gasteiger charge is -2.43. The van der Waals surface area contributed by atoms with E-state index in [1.165, 1.54) is 88.6 Å². The first kappa shape index (κ1) is 29.7. The molecular formula is C51H33BN2O. The van der Waals surface area contributed by atoms with Crippen LogP contribution in [-0.4, -0.2) is 11.4 Å². The Morgan fingerprint density at radius 2 is 1.27 bits per heavy atom. The van der Waals surface area contributed by atoms with Crippen LogP contribution in [0.4, 0.5) is 11.4 Å². The van der Waals surface area contributed by atoms with Crippen molar-refractivity contribution in [3.05, 3.63) is 175 Å². The topological polar surface area (TPSA) is 21.3 Å². The summed E-state index contributed by atoms with van der Waals surface area (Å²) in [6.45, 7) is 4.70. The molecule has 3 nitrogen and oxygen atoms in total. The van der Waals surface area contributed by atoms with E-state index in [2.05, 4.69) is 187 Å². The van der Waals surface area contributed by atoms with Crippen molar-refractivity contribution in [2.75, 3.05) is 4.81 Å². The summed E-state index contributed by atoms with van der Waals surface area (Å²) in [5.41, 5.74) is 19.5. The Labute approximate surface area is 318 Å². The number of aromatic nitrogens is 1. The van der Waals surface area contributed by atoms with E-state index >= 15 is 0 Å². The Morgan fingerprint density at radius 1 is 0.545 bits per heavy atom. The summed E-state index contributed by atoms with van der Waals surface area (Å²) in [5, 5.41) is 6.11. The molecule has 0 radical (unpaired) electrons. The maximum atomic E-state index is 7.06. The van der Waals surface area contributed by atoms with E-state index in [4.69, 9.17) is 4.42 Å². The fraction of sp³-hybridized carbons (Fsp3) is 0.0588. The van der Waals surface area contributed by atoms with Gasteiger partial charge in [-0.15, -0.1) is 0 Å². The fourth-order valence-corrected chi connectivity index (χ4v) is 10.7. The summed E-state index contributed by atoms with van der Waals surface area (Å²) in [6, 6.07) is 60.5. The Hall–Kier alpha value is -6.78. The molecule has 10 aromatic rings. The minimum atomic E-state index is -0.176. The molecule has 3 aliphatic rings. The third-order valence-corrected chi connectivity index (χ3v) is 12.9. The van der Waals surface area contributed by atoms with Gasteiger partial charge in [0.2, 0.25) is 0 Å². The molecule has 2 aromatic heterocycles. The smallest absolute Gasteiger partial charge is 0.333 e. The van der Waals surface area contributed by atoms with Crippen molar-refractivity contribution in [2.24, 2.45) is 0 Å². The van der Waals surface area contributed by atoms with Gasteiger partial charge in [0.15, 0.2) is 5.58 Å². The van der Waals surface area contributed by atoms with Gasteiger partial charge < -0.3 is 13.8 Å². The van der Waals surface area contributed by atoms with Crippen molar-refractivity contribution in [2.45, 2.75) is 19.3 Å². The average Bonchev–Trinajstić information content (AvgIpc) is 3.86. The molecule has 4 heteroatoms. The SMILES string of the molecule is CC1(C)c2ccccc2-c2c1c1cccc3c1n2-c1c2c(cc4c1oc1ccccc14)-c1ccc4ccccc4c1N(c1ccc(-c4ccccc4)cc1)B23. The van der Waals surface area contributed by atoms with Gasteiger partial charge >= 0.3 is 6.85 Å².